The van der Waals surface area contributed by atoms with E-state index >= 15 is 0 Å². The van der Waals surface area contributed by atoms with Gasteiger partial charge in [0.2, 0.25) is 11.8 Å². The summed E-state index contributed by atoms with van der Waals surface area (Å²) in [5.41, 5.74) is 1.71. The van der Waals surface area contributed by atoms with Gasteiger partial charge in [0.15, 0.2) is 0 Å². The topological polar surface area (TPSA) is 86.7 Å². The van der Waals surface area contributed by atoms with Gasteiger partial charge in [0.05, 0.1) is 5.25 Å². The summed E-state index contributed by atoms with van der Waals surface area (Å²) in [7, 11) is 0. The average molecular weight is 401 g/mol. The number of hydrogen-bond acceptors (Lipinski definition) is 4. The van der Waals surface area contributed by atoms with Gasteiger partial charge in [-0.1, -0.05) is 42.5 Å². The molecule has 28 heavy (non-hydrogen) atoms. The van der Waals surface area contributed by atoms with Gasteiger partial charge in [0.25, 0.3) is 0 Å². The van der Waals surface area contributed by atoms with Crippen LogP contribution in [0.1, 0.15) is 24.8 Å². The Balaban J connectivity index is 1.71. The maximum atomic E-state index is 13.0. The number of nitrogens with zero attached hydrogens (tertiary/aromatic N) is 1. The van der Waals surface area contributed by atoms with Crippen LogP contribution < -0.4 is 5.32 Å². The predicted molar refractivity (Wildman–Crippen MR) is 109 cm³/mol. The minimum Gasteiger partial charge on any atom is -0.480 e. The van der Waals surface area contributed by atoms with Gasteiger partial charge in [-0.25, -0.2) is 0 Å². The highest BCUT2D eigenvalue weighted by Gasteiger charge is 2.37. The Labute approximate surface area is 169 Å². The Morgan fingerprint density at radius 2 is 2.00 bits per heavy atom. The number of fused-ring (bicyclic) bond motifs is 1. The van der Waals surface area contributed by atoms with Crippen molar-refractivity contribution in [2.24, 2.45) is 5.92 Å². The van der Waals surface area contributed by atoms with Crippen molar-refractivity contribution in [2.75, 3.05) is 6.54 Å². The second kappa shape index (κ2) is 9.10. The molecule has 0 bridgehead atoms. The van der Waals surface area contributed by atoms with Gasteiger partial charge in [-0.15, -0.1) is 0 Å². The molecule has 0 spiro atoms. The smallest absolute Gasteiger partial charge is 0.323 e. The lowest BCUT2D eigenvalue weighted by atomic mass is 9.92. The molecule has 0 radical (unpaired) electrons. The lowest BCUT2D eigenvalue weighted by Gasteiger charge is -2.29. The third-order valence-corrected chi connectivity index (χ3v) is 5.52. The van der Waals surface area contributed by atoms with Crippen LogP contribution in [0.25, 0.3) is 0 Å². The highest BCUT2D eigenvalue weighted by atomic mass is 32.1. The first-order valence-corrected chi connectivity index (χ1v) is 9.89. The highest BCUT2D eigenvalue weighted by molar-refractivity contribution is 7.81. The molecule has 1 aromatic rings. The first-order valence-electron chi connectivity index (χ1n) is 9.38. The second-order valence-electron chi connectivity index (χ2n) is 7.11. The van der Waals surface area contributed by atoms with E-state index in [0.717, 1.165) is 17.7 Å². The molecule has 0 saturated carbocycles. The van der Waals surface area contributed by atoms with Crippen LogP contribution in [0.3, 0.4) is 0 Å². The van der Waals surface area contributed by atoms with E-state index in [1.807, 2.05) is 42.5 Å². The van der Waals surface area contributed by atoms with Crippen molar-refractivity contribution in [1.29, 1.82) is 0 Å². The maximum absolute atomic E-state index is 13.0. The third-order valence-electron chi connectivity index (χ3n) is 5.11. The summed E-state index contributed by atoms with van der Waals surface area (Å²) >= 11 is 4.40. The molecule has 148 valence electrons. The van der Waals surface area contributed by atoms with E-state index in [0.29, 0.717) is 19.3 Å². The average Bonchev–Trinajstić information content (AvgIpc) is 2.81. The number of amides is 2. The fourth-order valence-electron chi connectivity index (χ4n) is 3.69. The number of rotatable bonds is 6. The fourth-order valence-corrected chi connectivity index (χ4v) is 3.97. The van der Waals surface area contributed by atoms with E-state index in [1.54, 1.807) is 6.08 Å². The molecular weight excluding hydrogens is 376 g/mol. The van der Waals surface area contributed by atoms with E-state index in [1.165, 1.54) is 4.90 Å². The van der Waals surface area contributed by atoms with Crippen LogP contribution in [0.15, 0.2) is 54.3 Å². The van der Waals surface area contributed by atoms with Crippen molar-refractivity contribution in [3.63, 3.8) is 0 Å². The molecule has 1 aliphatic heterocycles. The van der Waals surface area contributed by atoms with Crippen molar-refractivity contribution in [3.05, 3.63) is 59.8 Å². The predicted octanol–water partition coefficient (Wildman–Crippen LogP) is 2.18. The number of likely N-dealkylation sites (tertiary alicyclic amines) is 1. The molecule has 3 atom stereocenters. The highest BCUT2D eigenvalue weighted by Crippen LogP contribution is 2.32. The normalized spacial score (nSPS) is 22.7. The monoisotopic (exact) mass is 400 g/mol. The van der Waals surface area contributed by atoms with Crippen LogP contribution in [0, 0.1) is 5.92 Å². The quantitative estimate of drug-likeness (QED) is 0.639. The summed E-state index contributed by atoms with van der Waals surface area (Å²) in [6, 6.07) is 8.80. The Kier molecular flexibility index (Phi) is 6.57. The number of carbonyl (C=O) groups is 3. The molecule has 1 fully saturated rings. The van der Waals surface area contributed by atoms with E-state index in [9.17, 15) is 19.5 Å². The minimum absolute atomic E-state index is 0.0892. The summed E-state index contributed by atoms with van der Waals surface area (Å²) in [5, 5.41) is 11.5. The number of benzene rings is 1. The molecule has 6 nitrogen and oxygen atoms in total. The number of nitrogens with one attached hydrogen (secondary N) is 1. The van der Waals surface area contributed by atoms with E-state index in [2.05, 4.69) is 17.9 Å². The number of thiol groups is 1. The number of hydrogen-bond donors (Lipinski definition) is 3. The number of aliphatic carboxylic acids is 1. The van der Waals surface area contributed by atoms with Crippen LogP contribution in [0.2, 0.25) is 0 Å². The van der Waals surface area contributed by atoms with E-state index < -0.39 is 23.8 Å². The van der Waals surface area contributed by atoms with Crippen molar-refractivity contribution in [2.45, 2.75) is 37.0 Å². The van der Waals surface area contributed by atoms with E-state index in [4.69, 9.17) is 0 Å². The summed E-state index contributed by atoms with van der Waals surface area (Å²) in [4.78, 5) is 38.2. The molecule has 3 rings (SSSR count). The third kappa shape index (κ3) is 4.84. The molecule has 1 saturated heterocycles. The summed E-state index contributed by atoms with van der Waals surface area (Å²) in [5.74, 6) is -1.69. The summed E-state index contributed by atoms with van der Waals surface area (Å²) in [6.45, 7) is -0.407. The lowest BCUT2D eigenvalue weighted by molar-refractivity contribution is -0.144. The van der Waals surface area contributed by atoms with Gasteiger partial charge >= 0.3 is 5.97 Å². The van der Waals surface area contributed by atoms with Gasteiger partial charge in [-0.2, -0.15) is 12.6 Å². The van der Waals surface area contributed by atoms with E-state index in [-0.39, 0.29) is 17.7 Å². The standard InChI is InChI=1S/C21H24N2O4S/c24-19(25)13-23-17-9-5-4-8-15(17)10-11-16(21(23)27)22-20(26)18(28)12-14-6-2-1-3-7-14/h1-7,9,15-16,18,28H,8,10-13H2,(H,22,26)(H,24,25). The van der Waals surface area contributed by atoms with Crippen LogP contribution in [-0.2, 0) is 20.8 Å². The molecule has 2 amide bonds. The first-order chi connectivity index (χ1) is 13.5. The van der Waals surface area contributed by atoms with Gasteiger partial charge < -0.3 is 15.3 Å². The Hall–Kier alpha value is -2.54. The zero-order chi connectivity index (χ0) is 20.1. The molecule has 7 heteroatoms. The van der Waals surface area contributed by atoms with Gasteiger partial charge in [-0.3, -0.25) is 14.4 Å². The van der Waals surface area contributed by atoms with Gasteiger partial charge in [0.1, 0.15) is 12.6 Å². The van der Waals surface area contributed by atoms with Crippen molar-refractivity contribution >= 4 is 30.4 Å². The number of allylic oxidation sites excluding steroid dienone is 4. The van der Waals surface area contributed by atoms with Crippen molar-refractivity contribution < 1.29 is 19.5 Å². The zero-order valence-electron chi connectivity index (χ0n) is 15.5. The second-order valence-corrected chi connectivity index (χ2v) is 7.74. The molecule has 1 aromatic carbocycles. The zero-order valence-corrected chi connectivity index (χ0v) is 16.3. The molecule has 2 aliphatic rings. The largest absolute Gasteiger partial charge is 0.480 e. The number of carboxylic acids is 1. The maximum Gasteiger partial charge on any atom is 0.323 e. The molecule has 0 aromatic heterocycles. The molecular formula is C21H24N2O4S. The molecule has 3 unspecified atom stereocenters. The number of carboxylic acid groups (broad SMARTS) is 1. The SMILES string of the molecule is O=C(O)CN1C(=O)C(NC(=O)C(S)Cc2ccccc2)CCC2CC=CC=C21. The fraction of sp³-hybridized carbons (Fsp3) is 0.381. The number of carbonyl (C=O) groups excluding carboxylic acids is 2. The van der Waals surface area contributed by atoms with Crippen LogP contribution in [0.4, 0.5) is 0 Å². The van der Waals surface area contributed by atoms with Crippen LogP contribution >= 0.6 is 12.6 Å². The van der Waals surface area contributed by atoms with Crippen LogP contribution in [0.5, 0.6) is 0 Å². The Morgan fingerprint density at radius 3 is 2.71 bits per heavy atom. The molecule has 1 aliphatic carbocycles. The van der Waals surface area contributed by atoms with Crippen molar-refractivity contribution in [3.8, 4) is 0 Å². The molecule has 2 N–H and O–H groups in total. The molecule has 1 heterocycles. The van der Waals surface area contributed by atoms with Crippen LogP contribution in [-0.4, -0.2) is 45.6 Å². The Bertz CT molecular complexity index is 806. The Morgan fingerprint density at radius 1 is 1.25 bits per heavy atom. The minimum atomic E-state index is -1.08. The lowest BCUT2D eigenvalue weighted by Crippen LogP contribution is -2.50. The van der Waals surface area contributed by atoms with Gasteiger partial charge in [-0.05, 0) is 37.3 Å². The van der Waals surface area contributed by atoms with Crippen molar-refractivity contribution in [1.82, 2.24) is 10.2 Å². The summed E-state index contributed by atoms with van der Waals surface area (Å²) in [6.07, 6.45) is 8.06. The first kappa shape index (κ1) is 20.2. The summed E-state index contributed by atoms with van der Waals surface area (Å²) < 4.78 is 0. The van der Waals surface area contributed by atoms with Gasteiger partial charge in [0, 0.05) is 11.6 Å².